The second kappa shape index (κ2) is 6.74. The minimum Gasteiger partial charge on any atom is -0.443 e. The van der Waals surface area contributed by atoms with Gasteiger partial charge in [0.1, 0.15) is 5.52 Å². The fourth-order valence-electron chi connectivity index (χ4n) is 3.88. The van der Waals surface area contributed by atoms with Crippen molar-refractivity contribution in [2.75, 3.05) is 13.7 Å². The largest absolute Gasteiger partial charge is 0.443 e. The molecule has 2 aromatic carbocycles. The minimum atomic E-state index is -1.11. The number of aromatic amines is 1. The third kappa shape index (κ3) is 2.78. The Kier molecular flexibility index (Phi) is 4.14. The molecule has 1 atom stereocenters. The highest BCUT2D eigenvalue weighted by molar-refractivity contribution is 5.97. The van der Waals surface area contributed by atoms with E-state index in [-0.39, 0.29) is 29.9 Å². The monoisotopic (exact) mass is 411 g/mol. The Morgan fingerprint density at radius 1 is 1.20 bits per heavy atom. The molecule has 5 rings (SSSR count). The summed E-state index contributed by atoms with van der Waals surface area (Å²) >= 11 is 0. The first-order valence-corrected chi connectivity index (χ1v) is 9.16. The van der Waals surface area contributed by atoms with Gasteiger partial charge in [0.05, 0.1) is 24.6 Å². The van der Waals surface area contributed by atoms with Gasteiger partial charge in [0.25, 0.3) is 11.5 Å². The molecule has 0 bridgehead atoms. The quantitative estimate of drug-likeness (QED) is 0.547. The smallest absolute Gasteiger partial charge is 0.256 e. The van der Waals surface area contributed by atoms with Crippen LogP contribution in [0.25, 0.3) is 21.9 Å². The van der Waals surface area contributed by atoms with Crippen molar-refractivity contribution in [3.63, 3.8) is 0 Å². The van der Waals surface area contributed by atoms with Crippen LogP contribution in [0.1, 0.15) is 27.7 Å². The van der Waals surface area contributed by atoms with Crippen LogP contribution < -0.4 is 5.56 Å². The van der Waals surface area contributed by atoms with Crippen LogP contribution in [0.15, 0.2) is 45.9 Å². The number of benzene rings is 2. The number of likely N-dealkylation sites (N-methyl/N-ethyl adjacent to an activating group) is 1. The van der Waals surface area contributed by atoms with Crippen LogP contribution in [0, 0.1) is 11.6 Å². The molecule has 4 aromatic rings. The van der Waals surface area contributed by atoms with Gasteiger partial charge in [-0.25, -0.2) is 13.8 Å². The second-order valence-electron chi connectivity index (χ2n) is 7.14. The summed E-state index contributed by atoms with van der Waals surface area (Å²) in [6, 6.07) is 6.15. The van der Waals surface area contributed by atoms with E-state index in [2.05, 4.69) is 9.97 Å². The predicted molar refractivity (Wildman–Crippen MR) is 103 cm³/mol. The standard InChI is InChI=1S/C21H15F2N3O4/c1-26(21(28)10-2-3-15-18(4-10)30-9-24-15)17-8-29-7-16-19(17)11-5-13(22)14(23)6-12(11)20(27)25-16/h2-6,9,17H,7-8H2,1H3,(H,25,27). The van der Waals surface area contributed by atoms with Crippen LogP contribution in [0.3, 0.4) is 0 Å². The number of carbonyl (C=O) groups is 1. The molecule has 7 nitrogen and oxygen atoms in total. The lowest BCUT2D eigenvalue weighted by molar-refractivity contribution is 0.0335. The molecule has 3 heterocycles. The molecule has 152 valence electrons. The van der Waals surface area contributed by atoms with Gasteiger partial charge in [-0.3, -0.25) is 9.59 Å². The van der Waals surface area contributed by atoms with Crippen molar-refractivity contribution in [1.29, 1.82) is 0 Å². The molecule has 1 unspecified atom stereocenters. The third-order valence-electron chi connectivity index (χ3n) is 5.41. The van der Waals surface area contributed by atoms with Crippen molar-refractivity contribution < 1.29 is 22.7 Å². The van der Waals surface area contributed by atoms with E-state index in [1.807, 2.05) is 0 Å². The van der Waals surface area contributed by atoms with Crippen molar-refractivity contribution in [2.24, 2.45) is 0 Å². The van der Waals surface area contributed by atoms with Gasteiger partial charge >= 0.3 is 0 Å². The molecule has 1 aliphatic heterocycles. The molecular weight excluding hydrogens is 396 g/mol. The maximum absolute atomic E-state index is 14.0. The lowest BCUT2D eigenvalue weighted by Crippen LogP contribution is -2.37. The van der Waals surface area contributed by atoms with E-state index >= 15 is 0 Å². The number of oxazole rings is 1. The number of nitrogens with one attached hydrogen (secondary N) is 1. The van der Waals surface area contributed by atoms with E-state index in [9.17, 15) is 18.4 Å². The van der Waals surface area contributed by atoms with Gasteiger partial charge in [-0.2, -0.15) is 0 Å². The topological polar surface area (TPSA) is 88.4 Å². The Morgan fingerprint density at radius 3 is 2.77 bits per heavy atom. The van der Waals surface area contributed by atoms with E-state index < -0.39 is 23.2 Å². The number of rotatable bonds is 2. The average molecular weight is 411 g/mol. The molecule has 0 aliphatic carbocycles. The molecule has 9 heteroatoms. The normalized spacial score (nSPS) is 16.0. The number of amides is 1. The van der Waals surface area contributed by atoms with Crippen LogP contribution in [-0.4, -0.2) is 34.4 Å². The first-order valence-electron chi connectivity index (χ1n) is 9.16. The Hall–Kier alpha value is -3.59. The molecule has 0 saturated carbocycles. The molecule has 0 radical (unpaired) electrons. The van der Waals surface area contributed by atoms with E-state index in [1.165, 1.54) is 11.3 Å². The predicted octanol–water partition coefficient (Wildman–Crippen LogP) is 3.29. The molecule has 30 heavy (non-hydrogen) atoms. The molecular formula is C21H15F2N3O4. The van der Waals surface area contributed by atoms with Crippen molar-refractivity contribution in [3.8, 4) is 0 Å². The zero-order valence-corrected chi connectivity index (χ0v) is 15.7. The summed E-state index contributed by atoms with van der Waals surface area (Å²) in [7, 11) is 1.59. The number of ether oxygens (including phenoxy) is 1. The third-order valence-corrected chi connectivity index (χ3v) is 5.41. The van der Waals surface area contributed by atoms with Crippen LogP contribution >= 0.6 is 0 Å². The lowest BCUT2D eigenvalue weighted by atomic mass is 9.95. The molecule has 0 saturated heterocycles. The maximum Gasteiger partial charge on any atom is 0.256 e. The molecule has 2 aromatic heterocycles. The van der Waals surface area contributed by atoms with Crippen LogP contribution in [-0.2, 0) is 11.3 Å². The second-order valence-corrected chi connectivity index (χ2v) is 7.14. The summed E-state index contributed by atoms with van der Waals surface area (Å²) < 4.78 is 38.6. The summed E-state index contributed by atoms with van der Waals surface area (Å²) in [6.45, 7) is 0.238. The summed E-state index contributed by atoms with van der Waals surface area (Å²) in [5.41, 5.74) is 1.89. The minimum absolute atomic E-state index is 0.0171. The number of hydrogen-bond donors (Lipinski definition) is 1. The van der Waals surface area contributed by atoms with Crippen molar-refractivity contribution in [3.05, 3.63) is 75.5 Å². The van der Waals surface area contributed by atoms with E-state index in [1.54, 1.807) is 25.2 Å². The molecule has 0 spiro atoms. The number of aromatic nitrogens is 2. The average Bonchev–Trinajstić information content (AvgIpc) is 3.21. The molecule has 1 amide bonds. The number of carbonyl (C=O) groups excluding carboxylic acids is 1. The van der Waals surface area contributed by atoms with E-state index in [4.69, 9.17) is 9.15 Å². The highest BCUT2D eigenvalue weighted by Gasteiger charge is 2.31. The van der Waals surface area contributed by atoms with Crippen LogP contribution in [0.5, 0.6) is 0 Å². The zero-order valence-electron chi connectivity index (χ0n) is 15.7. The number of H-pyrrole nitrogens is 1. The van der Waals surface area contributed by atoms with Gasteiger partial charge in [0, 0.05) is 23.9 Å². The Labute approximate surface area is 167 Å². The highest BCUT2D eigenvalue weighted by atomic mass is 19.2. The molecule has 1 aliphatic rings. The molecule has 0 fully saturated rings. The lowest BCUT2D eigenvalue weighted by Gasteiger charge is -2.33. The van der Waals surface area contributed by atoms with Gasteiger partial charge in [-0.15, -0.1) is 0 Å². The van der Waals surface area contributed by atoms with Gasteiger partial charge in [0.2, 0.25) is 0 Å². The highest BCUT2D eigenvalue weighted by Crippen LogP contribution is 2.34. The number of fused-ring (bicyclic) bond motifs is 4. The fraction of sp³-hybridized carbons (Fsp3) is 0.190. The molecule has 1 N–H and O–H groups in total. The van der Waals surface area contributed by atoms with Gasteiger partial charge in [-0.05, 0) is 35.7 Å². The van der Waals surface area contributed by atoms with Crippen molar-refractivity contribution >= 4 is 27.8 Å². The van der Waals surface area contributed by atoms with E-state index in [0.29, 0.717) is 27.9 Å². The maximum atomic E-state index is 14.0. The van der Waals surface area contributed by atoms with Gasteiger partial charge < -0.3 is 19.0 Å². The number of hydrogen-bond acceptors (Lipinski definition) is 5. The first-order chi connectivity index (χ1) is 14.4. The number of pyridine rings is 1. The van der Waals surface area contributed by atoms with Gasteiger partial charge in [-0.1, -0.05) is 0 Å². The van der Waals surface area contributed by atoms with Crippen LogP contribution in [0.4, 0.5) is 8.78 Å². The Morgan fingerprint density at radius 2 is 1.97 bits per heavy atom. The first kappa shape index (κ1) is 18.4. The van der Waals surface area contributed by atoms with Crippen LogP contribution in [0.2, 0.25) is 0 Å². The Bertz CT molecular complexity index is 1380. The van der Waals surface area contributed by atoms with E-state index in [0.717, 1.165) is 12.1 Å². The Balaban J connectivity index is 1.62. The zero-order chi connectivity index (χ0) is 21.0. The van der Waals surface area contributed by atoms with Gasteiger partial charge in [0.15, 0.2) is 23.6 Å². The SMILES string of the molecule is CN(C(=O)c1ccc2ncoc2c1)C1COCc2[nH]c(=O)c3cc(F)c(F)cc3c21. The van der Waals surface area contributed by atoms with Crippen molar-refractivity contribution in [1.82, 2.24) is 14.9 Å². The summed E-state index contributed by atoms with van der Waals surface area (Å²) in [6.07, 6.45) is 1.30. The fourth-order valence-corrected chi connectivity index (χ4v) is 3.88. The number of halogens is 2. The number of nitrogens with zero attached hydrogens (tertiary/aromatic N) is 2. The summed E-state index contributed by atoms with van der Waals surface area (Å²) in [5, 5.41) is 0.273. The summed E-state index contributed by atoms with van der Waals surface area (Å²) in [4.78, 5) is 33.6. The summed E-state index contributed by atoms with van der Waals surface area (Å²) in [5.74, 6) is -2.50. The van der Waals surface area contributed by atoms with Crippen molar-refractivity contribution in [2.45, 2.75) is 12.6 Å².